The van der Waals surface area contributed by atoms with Crippen molar-refractivity contribution < 1.29 is 37.8 Å². The number of Topliss-reactive ketones (excluding diaryl/α,β-unsaturated/α-hetero) is 1. The highest BCUT2D eigenvalue weighted by atomic mass is 19.1. The highest BCUT2D eigenvalue weighted by Gasteiger charge is 2.48. The lowest BCUT2D eigenvalue weighted by molar-refractivity contribution is -0.142. The normalized spacial score (nSPS) is 16.4. The Bertz CT molecular complexity index is 1660. The van der Waals surface area contributed by atoms with Gasteiger partial charge in [0.15, 0.2) is 12.4 Å². The molecule has 1 saturated heterocycles. The van der Waals surface area contributed by atoms with Crippen LogP contribution in [0.25, 0.3) is 0 Å². The minimum Gasteiger partial charge on any atom is -0.484 e. The number of hydrogen-bond donors (Lipinski definition) is 2. The molecule has 230 valence electrons. The number of nitrogens with zero attached hydrogens (tertiary/aromatic N) is 1. The van der Waals surface area contributed by atoms with Crippen molar-refractivity contribution >= 4 is 29.3 Å². The molecule has 10 heteroatoms. The number of ketones is 1. The highest BCUT2D eigenvalue weighted by Crippen LogP contribution is 2.46. The van der Waals surface area contributed by atoms with Gasteiger partial charge >= 0.3 is 5.97 Å². The number of carboxylic acid groups (broad SMARTS) is 1. The van der Waals surface area contributed by atoms with Gasteiger partial charge in [-0.05, 0) is 78.2 Å². The van der Waals surface area contributed by atoms with E-state index in [1.165, 1.54) is 48.5 Å². The van der Waals surface area contributed by atoms with Crippen LogP contribution in [0.4, 0.5) is 14.5 Å². The molecule has 0 aromatic heterocycles. The molecule has 0 radical (unpaired) electrons. The maximum atomic E-state index is 13.6. The van der Waals surface area contributed by atoms with Gasteiger partial charge in [-0.2, -0.15) is 0 Å². The molecule has 2 N–H and O–H groups in total. The van der Waals surface area contributed by atoms with Crippen LogP contribution in [-0.2, 0) is 20.8 Å². The first-order chi connectivity index (χ1) is 21.7. The average molecular weight is 613 g/mol. The fourth-order valence-electron chi connectivity index (χ4n) is 5.36. The molecule has 1 aliphatic heterocycles. The van der Waals surface area contributed by atoms with Gasteiger partial charge in [0, 0.05) is 24.1 Å². The second kappa shape index (κ2) is 13.9. The first kappa shape index (κ1) is 31.1. The van der Waals surface area contributed by atoms with Crippen LogP contribution in [0.15, 0.2) is 103 Å². The van der Waals surface area contributed by atoms with Gasteiger partial charge in [0.05, 0.1) is 12.0 Å². The van der Waals surface area contributed by atoms with Crippen LogP contribution in [0, 0.1) is 17.6 Å². The summed E-state index contributed by atoms with van der Waals surface area (Å²) in [4.78, 5) is 51.7. The Morgan fingerprint density at radius 1 is 0.844 bits per heavy atom. The van der Waals surface area contributed by atoms with E-state index in [-0.39, 0.29) is 31.0 Å². The van der Waals surface area contributed by atoms with Gasteiger partial charge < -0.3 is 20.1 Å². The second-order valence-electron chi connectivity index (χ2n) is 10.7. The fraction of sp³-hybridized carbons (Fsp3) is 0.200. The Hall–Kier alpha value is -5.38. The molecule has 8 nitrogen and oxygen atoms in total. The number of amides is 2. The summed E-state index contributed by atoms with van der Waals surface area (Å²) in [5, 5.41) is 12.0. The summed E-state index contributed by atoms with van der Waals surface area (Å²) in [6.45, 7) is -0.407. The van der Waals surface area contributed by atoms with Gasteiger partial charge in [0.25, 0.3) is 5.91 Å². The predicted octanol–water partition coefficient (Wildman–Crippen LogP) is 5.52. The van der Waals surface area contributed by atoms with E-state index in [1.54, 1.807) is 53.4 Å². The molecule has 0 saturated carbocycles. The largest absolute Gasteiger partial charge is 0.484 e. The van der Waals surface area contributed by atoms with Crippen LogP contribution in [0.3, 0.4) is 0 Å². The minimum atomic E-state index is -1.16. The number of hydrogen-bond acceptors (Lipinski definition) is 5. The van der Waals surface area contributed by atoms with Crippen molar-refractivity contribution in [3.63, 3.8) is 0 Å². The van der Waals surface area contributed by atoms with Gasteiger partial charge in [0.1, 0.15) is 23.4 Å². The first-order valence-corrected chi connectivity index (χ1v) is 14.4. The molecule has 4 aromatic carbocycles. The van der Waals surface area contributed by atoms with E-state index in [9.17, 15) is 33.1 Å². The van der Waals surface area contributed by atoms with Gasteiger partial charge in [-0.1, -0.05) is 42.5 Å². The van der Waals surface area contributed by atoms with Crippen molar-refractivity contribution in [2.75, 3.05) is 11.5 Å². The summed E-state index contributed by atoms with van der Waals surface area (Å²) in [5.74, 6) is -3.25. The molecule has 45 heavy (non-hydrogen) atoms. The van der Waals surface area contributed by atoms with Crippen LogP contribution in [0.2, 0.25) is 0 Å². The molecule has 3 atom stereocenters. The van der Waals surface area contributed by atoms with Crippen molar-refractivity contribution in [2.24, 2.45) is 5.92 Å². The van der Waals surface area contributed by atoms with E-state index >= 15 is 0 Å². The van der Waals surface area contributed by atoms with Crippen molar-refractivity contribution in [3.05, 3.63) is 131 Å². The van der Waals surface area contributed by atoms with Gasteiger partial charge in [-0.3, -0.25) is 14.4 Å². The van der Waals surface area contributed by atoms with E-state index in [2.05, 4.69) is 5.32 Å². The standard InChI is InChI=1S/C35H30F2N2O6/c36-25-10-6-23(7-11-25)31(40)19-18-29-33(39(34(29)42)27-14-12-26(37)13-15-27)24-8-16-28(17-9-24)45-21-32(41)38-30(35(43)44)20-22-4-2-1-3-5-22/h1-17,29-30,33H,18-21H2,(H,38,41)(H,43,44)/t29-,30-,33-/m1/s1. The molecule has 2 amide bonds. The van der Waals surface area contributed by atoms with Crippen LogP contribution >= 0.6 is 0 Å². The monoisotopic (exact) mass is 612 g/mol. The second-order valence-corrected chi connectivity index (χ2v) is 10.7. The predicted molar refractivity (Wildman–Crippen MR) is 162 cm³/mol. The summed E-state index contributed by atoms with van der Waals surface area (Å²) in [5.41, 5.74) is 2.37. The molecule has 0 aliphatic carbocycles. The molecule has 1 heterocycles. The molecular formula is C35H30F2N2O6. The molecule has 0 unspecified atom stereocenters. The number of carbonyl (C=O) groups is 4. The van der Waals surface area contributed by atoms with E-state index in [4.69, 9.17) is 4.74 Å². The summed E-state index contributed by atoms with van der Waals surface area (Å²) < 4.78 is 32.5. The number of halogens is 2. The number of ether oxygens (including phenoxy) is 1. The number of aliphatic carboxylic acids is 1. The fourth-order valence-corrected chi connectivity index (χ4v) is 5.36. The third-order valence-corrected chi connectivity index (χ3v) is 7.67. The third-order valence-electron chi connectivity index (χ3n) is 7.67. The summed E-state index contributed by atoms with van der Waals surface area (Å²) in [7, 11) is 0. The lowest BCUT2D eigenvalue weighted by Gasteiger charge is -2.47. The number of rotatable bonds is 13. The van der Waals surface area contributed by atoms with E-state index in [0.29, 0.717) is 17.0 Å². The van der Waals surface area contributed by atoms with Gasteiger partial charge in [0.2, 0.25) is 5.91 Å². The number of β-lactam (4-membered cyclic amide) rings is 1. The maximum Gasteiger partial charge on any atom is 0.326 e. The van der Waals surface area contributed by atoms with E-state index < -0.39 is 48.1 Å². The summed E-state index contributed by atoms with van der Waals surface area (Å²) in [6.07, 6.45) is 0.454. The molecule has 4 aromatic rings. The lowest BCUT2D eigenvalue weighted by atomic mass is 9.78. The van der Waals surface area contributed by atoms with Gasteiger partial charge in [-0.15, -0.1) is 0 Å². The number of carboxylic acids is 1. The van der Waals surface area contributed by atoms with Crippen LogP contribution in [0.5, 0.6) is 5.75 Å². The van der Waals surface area contributed by atoms with Crippen molar-refractivity contribution in [1.82, 2.24) is 5.32 Å². The van der Waals surface area contributed by atoms with Gasteiger partial charge in [-0.25, -0.2) is 13.6 Å². The van der Waals surface area contributed by atoms with Crippen LogP contribution < -0.4 is 15.0 Å². The van der Waals surface area contributed by atoms with E-state index in [1.807, 2.05) is 6.07 Å². The maximum absolute atomic E-state index is 13.6. The molecule has 5 rings (SSSR count). The van der Waals surface area contributed by atoms with Crippen molar-refractivity contribution in [1.29, 1.82) is 0 Å². The Labute approximate surface area is 258 Å². The van der Waals surface area contributed by atoms with Crippen LogP contribution in [-0.4, -0.2) is 41.3 Å². The average Bonchev–Trinajstić information content (AvgIpc) is 3.04. The lowest BCUT2D eigenvalue weighted by Crippen LogP contribution is -2.55. The zero-order chi connectivity index (χ0) is 31.9. The Morgan fingerprint density at radius 3 is 2.09 bits per heavy atom. The first-order valence-electron chi connectivity index (χ1n) is 14.4. The quantitative estimate of drug-likeness (QED) is 0.152. The zero-order valence-electron chi connectivity index (χ0n) is 24.1. The SMILES string of the molecule is O=C(COc1ccc([C@@H]2[C@@H](CCC(=O)c3ccc(F)cc3)C(=O)N2c2ccc(F)cc2)cc1)N[C@H](Cc1ccccc1)C(=O)O. The third kappa shape index (κ3) is 7.59. The Balaban J connectivity index is 1.24. The number of anilines is 1. The van der Waals surface area contributed by atoms with Crippen LogP contribution in [0.1, 0.15) is 40.4 Å². The molecule has 1 aliphatic rings. The zero-order valence-corrected chi connectivity index (χ0v) is 24.1. The minimum absolute atomic E-state index is 0.0771. The number of carbonyl (C=O) groups excluding carboxylic acids is 3. The molecule has 0 spiro atoms. The smallest absolute Gasteiger partial charge is 0.326 e. The molecule has 0 bridgehead atoms. The summed E-state index contributed by atoms with van der Waals surface area (Å²) in [6, 6.07) is 24.9. The molecule has 1 fully saturated rings. The number of nitrogens with one attached hydrogen (secondary N) is 1. The Morgan fingerprint density at radius 2 is 1.47 bits per heavy atom. The van der Waals surface area contributed by atoms with Crippen molar-refractivity contribution in [3.8, 4) is 5.75 Å². The summed E-state index contributed by atoms with van der Waals surface area (Å²) >= 11 is 0. The molecular weight excluding hydrogens is 582 g/mol. The topological polar surface area (TPSA) is 113 Å². The highest BCUT2D eigenvalue weighted by molar-refractivity contribution is 6.04. The Kier molecular flexibility index (Phi) is 9.62. The van der Waals surface area contributed by atoms with E-state index in [0.717, 1.165) is 11.1 Å². The van der Waals surface area contributed by atoms with Crippen molar-refractivity contribution in [2.45, 2.75) is 31.3 Å². The number of benzene rings is 4.